The summed E-state index contributed by atoms with van der Waals surface area (Å²) in [5.41, 5.74) is 0.394. The number of halogens is 2. The fourth-order valence-corrected chi connectivity index (χ4v) is 1.29. The molecule has 2 rings (SSSR count). The Morgan fingerprint density at radius 1 is 1.35 bits per heavy atom. The summed E-state index contributed by atoms with van der Waals surface area (Å²) in [4.78, 5) is 10.4. The average Bonchev–Trinajstić information content (AvgIpc) is 2.77. The molecule has 1 aromatic carbocycles. The molecule has 0 radical (unpaired) electrons. The number of alkyl halides is 2. The van der Waals surface area contributed by atoms with Gasteiger partial charge in [-0.2, -0.15) is 8.78 Å². The number of nitrogens with zero attached hydrogens (tertiary/aromatic N) is 3. The summed E-state index contributed by atoms with van der Waals surface area (Å²) in [6.07, 6.45) is 1.83. The third kappa shape index (κ3) is 2.44. The number of hydrogen-bond donors (Lipinski definition) is 0. The summed E-state index contributed by atoms with van der Waals surface area (Å²) in [5.74, 6) is -0.0372. The minimum atomic E-state index is -2.93. The van der Waals surface area contributed by atoms with Gasteiger partial charge >= 0.3 is 6.61 Å². The van der Waals surface area contributed by atoms with Crippen LogP contribution in [0.4, 0.5) is 8.78 Å². The molecule has 0 spiro atoms. The van der Waals surface area contributed by atoms with E-state index in [0.29, 0.717) is 6.29 Å². The molecule has 1 aromatic heterocycles. The van der Waals surface area contributed by atoms with Crippen LogP contribution in [0, 0.1) is 0 Å². The predicted octanol–water partition coefficient (Wildman–Crippen LogP) is 1.68. The Morgan fingerprint density at radius 2 is 2.12 bits per heavy atom. The molecule has 0 saturated heterocycles. The Labute approximate surface area is 94.6 Å². The normalized spacial score (nSPS) is 10.5. The zero-order valence-corrected chi connectivity index (χ0v) is 8.46. The van der Waals surface area contributed by atoms with E-state index >= 15 is 0 Å². The van der Waals surface area contributed by atoms with Gasteiger partial charge in [0.15, 0.2) is 12.0 Å². The maximum absolute atomic E-state index is 12.2. The molecule has 7 heteroatoms. The first kappa shape index (κ1) is 11.2. The van der Waals surface area contributed by atoms with Crippen molar-refractivity contribution < 1.29 is 18.3 Å². The maximum atomic E-state index is 12.2. The number of aromatic nitrogens is 3. The first-order valence-corrected chi connectivity index (χ1v) is 4.62. The van der Waals surface area contributed by atoms with Crippen LogP contribution in [0.1, 0.15) is 10.5 Å². The van der Waals surface area contributed by atoms with Gasteiger partial charge in [-0.05, 0) is 12.1 Å². The molecule has 0 fully saturated rings. The van der Waals surface area contributed by atoms with Crippen LogP contribution in [0.3, 0.4) is 0 Å². The van der Waals surface area contributed by atoms with Crippen LogP contribution in [0.15, 0.2) is 30.5 Å². The van der Waals surface area contributed by atoms with Crippen LogP contribution in [0.25, 0.3) is 5.69 Å². The molecule has 0 amide bonds. The van der Waals surface area contributed by atoms with E-state index < -0.39 is 6.61 Å². The molecule has 0 aliphatic carbocycles. The lowest BCUT2D eigenvalue weighted by Gasteiger charge is -2.09. The second kappa shape index (κ2) is 4.69. The van der Waals surface area contributed by atoms with Crippen molar-refractivity contribution in [3.8, 4) is 11.4 Å². The van der Waals surface area contributed by atoms with Crippen molar-refractivity contribution in [2.75, 3.05) is 0 Å². The zero-order valence-electron chi connectivity index (χ0n) is 8.46. The van der Waals surface area contributed by atoms with Crippen molar-refractivity contribution in [2.24, 2.45) is 0 Å². The van der Waals surface area contributed by atoms with Crippen LogP contribution >= 0.6 is 0 Å². The van der Waals surface area contributed by atoms with Crippen molar-refractivity contribution in [1.29, 1.82) is 0 Å². The lowest BCUT2D eigenvalue weighted by atomic mass is 10.3. The number of para-hydroxylation sites is 2. The molecule has 1 heterocycles. The topological polar surface area (TPSA) is 57.0 Å². The van der Waals surface area contributed by atoms with Gasteiger partial charge in [-0.3, -0.25) is 4.79 Å². The molecular formula is C10H7F2N3O2. The van der Waals surface area contributed by atoms with E-state index in [9.17, 15) is 13.6 Å². The summed E-state index contributed by atoms with van der Waals surface area (Å²) >= 11 is 0. The number of rotatable bonds is 4. The van der Waals surface area contributed by atoms with E-state index in [0.717, 1.165) is 0 Å². The molecule has 88 valence electrons. The molecule has 0 unspecified atom stereocenters. The Morgan fingerprint density at radius 3 is 2.76 bits per heavy atom. The number of benzene rings is 1. The second-order valence-corrected chi connectivity index (χ2v) is 3.05. The first-order chi connectivity index (χ1) is 8.20. The van der Waals surface area contributed by atoms with Gasteiger partial charge < -0.3 is 4.74 Å². The molecule has 17 heavy (non-hydrogen) atoms. The third-order valence-corrected chi connectivity index (χ3v) is 1.96. The fraction of sp³-hybridized carbons (Fsp3) is 0.100. The molecular weight excluding hydrogens is 232 g/mol. The monoisotopic (exact) mass is 239 g/mol. The number of carbonyl (C=O) groups excluding carboxylic acids is 1. The predicted molar refractivity (Wildman–Crippen MR) is 53.4 cm³/mol. The third-order valence-electron chi connectivity index (χ3n) is 1.96. The molecule has 0 aliphatic heterocycles. The minimum Gasteiger partial charge on any atom is -0.433 e. The Bertz CT molecular complexity index is 528. The van der Waals surface area contributed by atoms with E-state index in [1.807, 2.05) is 0 Å². The number of carbonyl (C=O) groups is 1. The molecule has 0 saturated carbocycles. The summed E-state index contributed by atoms with van der Waals surface area (Å²) in [6.45, 7) is -2.93. The smallest absolute Gasteiger partial charge is 0.387 e. The van der Waals surface area contributed by atoms with E-state index in [-0.39, 0.29) is 17.1 Å². The molecule has 0 N–H and O–H groups in total. The highest BCUT2D eigenvalue weighted by Crippen LogP contribution is 2.23. The van der Waals surface area contributed by atoms with Gasteiger partial charge in [0.05, 0.1) is 6.20 Å². The van der Waals surface area contributed by atoms with E-state index in [1.54, 1.807) is 12.1 Å². The lowest BCUT2D eigenvalue weighted by molar-refractivity contribution is -0.0499. The Kier molecular flexibility index (Phi) is 3.08. The van der Waals surface area contributed by atoms with Crippen LogP contribution in [0.5, 0.6) is 5.75 Å². The van der Waals surface area contributed by atoms with Crippen LogP contribution in [0.2, 0.25) is 0 Å². The van der Waals surface area contributed by atoms with E-state index in [4.69, 9.17) is 0 Å². The first-order valence-electron chi connectivity index (χ1n) is 4.62. The summed E-state index contributed by atoms with van der Waals surface area (Å²) < 4.78 is 29.9. The van der Waals surface area contributed by atoms with Gasteiger partial charge in [0.25, 0.3) is 0 Å². The average molecular weight is 239 g/mol. The van der Waals surface area contributed by atoms with Crippen molar-refractivity contribution in [3.63, 3.8) is 0 Å². The van der Waals surface area contributed by atoms with Gasteiger partial charge in [-0.1, -0.05) is 17.3 Å². The van der Waals surface area contributed by atoms with Crippen molar-refractivity contribution in [2.45, 2.75) is 6.61 Å². The largest absolute Gasteiger partial charge is 0.433 e. The van der Waals surface area contributed by atoms with Crippen LogP contribution in [-0.4, -0.2) is 27.9 Å². The minimum absolute atomic E-state index is 0.0372. The summed E-state index contributed by atoms with van der Waals surface area (Å²) in [5, 5.41) is 7.17. The number of aldehydes is 1. The highest BCUT2D eigenvalue weighted by Gasteiger charge is 2.11. The van der Waals surface area contributed by atoms with Gasteiger partial charge in [-0.15, -0.1) is 5.10 Å². The standard InChI is InChI=1S/C10H7F2N3O2/c11-10(12)17-9-4-2-1-3-8(9)15-5-7(6-16)13-14-15/h1-6,10H. The molecule has 0 bridgehead atoms. The van der Waals surface area contributed by atoms with Crippen LogP contribution in [-0.2, 0) is 0 Å². The summed E-state index contributed by atoms with van der Waals surface area (Å²) in [6, 6.07) is 6.10. The van der Waals surface area contributed by atoms with Crippen molar-refractivity contribution in [3.05, 3.63) is 36.2 Å². The summed E-state index contributed by atoms with van der Waals surface area (Å²) in [7, 11) is 0. The van der Waals surface area contributed by atoms with Crippen LogP contribution < -0.4 is 4.74 Å². The van der Waals surface area contributed by atoms with Gasteiger partial charge in [0.1, 0.15) is 11.4 Å². The number of hydrogen-bond acceptors (Lipinski definition) is 4. The molecule has 0 aliphatic rings. The molecule has 5 nitrogen and oxygen atoms in total. The second-order valence-electron chi connectivity index (χ2n) is 3.05. The van der Waals surface area contributed by atoms with Crippen molar-refractivity contribution >= 4 is 6.29 Å². The van der Waals surface area contributed by atoms with Gasteiger partial charge in [0.2, 0.25) is 0 Å². The highest BCUT2D eigenvalue weighted by atomic mass is 19.3. The van der Waals surface area contributed by atoms with Gasteiger partial charge in [-0.25, -0.2) is 4.68 Å². The molecule has 2 aromatic rings. The van der Waals surface area contributed by atoms with Gasteiger partial charge in [0, 0.05) is 0 Å². The SMILES string of the molecule is O=Cc1cn(-c2ccccc2OC(F)F)nn1. The quantitative estimate of drug-likeness (QED) is 0.761. The maximum Gasteiger partial charge on any atom is 0.387 e. The fourth-order valence-electron chi connectivity index (χ4n) is 1.29. The van der Waals surface area contributed by atoms with E-state index in [1.165, 1.54) is 23.0 Å². The zero-order chi connectivity index (χ0) is 12.3. The highest BCUT2D eigenvalue weighted by molar-refractivity contribution is 5.71. The lowest BCUT2D eigenvalue weighted by Crippen LogP contribution is -2.06. The Balaban J connectivity index is 2.40. The van der Waals surface area contributed by atoms with E-state index in [2.05, 4.69) is 15.0 Å². The Hall–Kier alpha value is -2.31. The number of ether oxygens (including phenoxy) is 1. The van der Waals surface area contributed by atoms with Crippen molar-refractivity contribution in [1.82, 2.24) is 15.0 Å². The molecule has 0 atom stereocenters.